The van der Waals surface area contributed by atoms with Crippen molar-refractivity contribution >= 4 is 27.3 Å². The minimum absolute atomic E-state index is 0.00673. The predicted octanol–water partition coefficient (Wildman–Crippen LogP) is 2.96. The topological polar surface area (TPSA) is 69.7 Å². The van der Waals surface area contributed by atoms with Crippen molar-refractivity contribution in [2.45, 2.75) is 30.2 Å². The SMILES string of the molecule is CN(C)C(CNC(=O)c1sccc1S(=O)(=O)N1CCCCC1)c1ccccc1. The summed E-state index contributed by atoms with van der Waals surface area (Å²) < 4.78 is 27.5. The Kier molecular flexibility index (Phi) is 6.87. The first-order chi connectivity index (χ1) is 13.4. The Balaban J connectivity index is 1.74. The minimum Gasteiger partial charge on any atom is -0.349 e. The van der Waals surface area contributed by atoms with Gasteiger partial charge in [-0.05, 0) is 43.9 Å². The molecule has 2 aromatic rings. The average molecular weight is 422 g/mol. The summed E-state index contributed by atoms with van der Waals surface area (Å²) in [6.45, 7) is 1.45. The molecule has 1 saturated heterocycles. The molecule has 8 heteroatoms. The van der Waals surface area contributed by atoms with E-state index in [1.54, 1.807) is 11.4 Å². The van der Waals surface area contributed by atoms with Crippen LogP contribution in [0.4, 0.5) is 0 Å². The molecule has 152 valence electrons. The number of hydrogen-bond donors (Lipinski definition) is 1. The highest BCUT2D eigenvalue weighted by Gasteiger charge is 2.31. The molecule has 1 amide bonds. The van der Waals surface area contributed by atoms with Crippen LogP contribution in [0.3, 0.4) is 0 Å². The Labute approximate surface area is 171 Å². The fourth-order valence-corrected chi connectivity index (χ4v) is 6.29. The number of amides is 1. The van der Waals surface area contributed by atoms with Gasteiger partial charge in [0.2, 0.25) is 10.0 Å². The standard InChI is InChI=1S/C20H27N3O3S2/c1-22(2)17(16-9-5-3-6-10-16)15-21-20(24)19-18(11-14-27-19)28(25,26)23-12-7-4-8-13-23/h3,5-6,9-11,14,17H,4,7-8,12-13,15H2,1-2H3,(H,21,24). The molecule has 1 N–H and O–H groups in total. The van der Waals surface area contributed by atoms with E-state index in [0.717, 1.165) is 24.8 Å². The number of piperidine rings is 1. The lowest BCUT2D eigenvalue weighted by atomic mass is 10.1. The normalized spacial score (nSPS) is 16.8. The number of rotatable bonds is 7. The highest BCUT2D eigenvalue weighted by molar-refractivity contribution is 7.89. The lowest BCUT2D eigenvalue weighted by molar-refractivity contribution is 0.0943. The zero-order valence-electron chi connectivity index (χ0n) is 16.3. The van der Waals surface area contributed by atoms with Crippen LogP contribution >= 0.6 is 11.3 Å². The number of nitrogens with zero attached hydrogens (tertiary/aromatic N) is 2. The molecule has 0 spiro atoms. The molecule has 6 nitrogen and oxygen atoms in total. The summed E-state index contributed by atoms with van der Waals surface area (Å²) in [6.07, 6.45) is 2.79. The van der Waals surface area contributed by atoms with Crippen molar-refractivity contribution in [3.8, 4) is 0 Å². The van der Waals surface area contributed by atoms with Gasteiger partial charge in [-0.3, -0.25) is 4.79 Å². The third-order valence-electron chi connectivity index (χ3n) is 5.03. The summed E-state index contributed by atoms with van der Waals surface area (Å²) in [5.41, 5.74) is 1.10. The van der Waals surface area contributed by atoms with Crippen LogP contribution in [0.25, 0.3) is 0 Å². The second-order valence-corrected chi connectivity index (χ2v) is 10.0. The lowest BCUT2D eigenvalue weighted by Gasteiger charge is -2.26. The molecule has 1 unspecified atom stereocenters. The van der Waals surface area contributed by atoms with E-state index in [-0.39, 0.29) is 21.7 Å². The van der Waals surface area contributed by atoms with Crippen molar-refractivity contribution in [1.82, 2.24) is 14.5 Å². The number of sulfonamides is 1. The van der Waals surface area contributed by atoms with E-state index in [9.17, 15) is 13.2 Å². The molecule has 1 aromatic carbocycles. The molecule has 0 saturated carbocycles. The van der Waals surface area contributed by atoms with Gasteiger partial charge in [-0.2, -0.15) is 4.31 Å². The van der Waals surface area contributed by atoms with E-state index in [0.29, 0.717) is 19.6 Å². The molecule has 0 aliphatic carbocycles. The fraction of sp³-hybridized carbons (Fsp3) is 0.450. The highest BCUT2D eigenvalue weighted by atomic mass is 32.2. The molecule has 2 heterocycles. The van der Waals surface area contributed by atoms with Crippen LogP contribution in [-0.2, 0) is 10.0 Å². The van der Waals surface area contributed by atoms with E-state index in [4.69, 9.17) is 0 Å². The summed E-state index contributed by atoms with van der Waals surface area (Å²) in [5, 5.41) is 4.60. The van der Waals surface area contributed by atoms with Gasteiger partial charge in [0.1, 0.15) is 9.77 Å². The number of carbonyl (C=O) groups excluding carboxylic acids is 1. The van der Waals surface area contributed by atoms with Gasteiger partial charge < -0.3 is 10.2 Å². The Morgan fingerprint density at radius 1 is 1.14 bits per heavy atom. The Hall–Kier alpha value is -1.74. The van der Waals surface area contributed by atoms with E-state index in [1.807, 2.05) is 49.3 Å². The van der Waals surface area contributed by atoms with E-state index in [2.05, 4.69) is 5.32 Å². The fourth-order valence-electron chi connectivity index (χ4n) is 3.45. The molecular formula is C20H27N3O3S2. The molecule has 1 aliphatic heterocycles. The van der Waals surface area contributed by atoms with Gasteiger partial charge >= 0.3 is 0 Å². The number of benzene rings is 1. The van der Waals surface area contributed by atoms with Gasteiger partial charge in [-0.15, -0.1) is 11.3 Å². The van der Waals surface area contributed by atoms with Gasteiger partial charge in [0.25, 0.3) is 5.91 Å². The summed E-state index contributed by atoms with van der Waals surface area (Å²) >= 11 is 1.17. The van der Waals surface area contributed by atoms with Crippen LogP contribution < -0.4 is 5.32 Å². The van der Waals surface area contributed by atoms with E-state index in [1.165, 1.54) is 15.6 Å². The van der Waals surface area contributed by atoms with Crippen molar-refractivity contribution in [2.24, 2.45) is 0 Å². The quantitative estimate of drug-likeness (QED) is 0.746. The zero-order valence-corrected chi connectivity index (χ0v) is 17.9. The number of nitrogens with one attached hydrogen (secondary N) is 1. The van der Waals surface area contributed by atoms with Gasteiger partial charge in [-0.1, -0.05) is 36.8 Å². The van der Waals surface area contributed by atoms with Crippen molar-refractivity contribution in [3.05, 3.63) is 52.2 Å². The van der Waals surface area contributed by atoms with Crippen LogP contribution in [-0.4, -0.2) is 57.3 Å². The number of thiophene rings is 1. The van der Waals surface area contributed by atoms with Gasteiger partial charge in [0, 0.05) is 19.6 Å². The van der Waals surface area contributed by atoms with Gasteiger partial charge in [-0.25, -0.2) is 8.42 Å². The van der Waals surface area contributed by atoms with Gasteiger partial charge in [0.05, 0.1) is 6.04 Å². The molecule has 1 aliphatic rings. The first kappa shape index (κ1) is 21.0. The third-order valence-corrected chi connectivity index (χ3v) is 8.02. The minimum atomic E-state index is -3.63. The van der Waals surface area contributed by atoms with Crippen LogP contribution in [0.5, 0.6) is 0 Å². The molecule has 0 bridgehead atoms. The maximum atomic E-state index is 13.0. The number of hydrogen-bond acceptors (Lipinski definition) is 5. The molecule has 1 fully saturated rings. The van der Waals surface area contributed by atoms with Crippen LogP contribution in [0.2, 0.25) is 0 Å². The molecule has 0 radical (unpaired) electrons. The first-order valence-electron chi connectivity index (χ1n) is 9.48. The third kappa shape index (κ3) is 4.63. The van der Waals surface area contributed by atoms with Crippen molar-refractivity contribution in [3.63, 3.8) is 0 Å². The first-order valence-corrected chi connectivity index (χ1v) is 11.8. The number of likely N-dealkylation sites (N-methyl/N-ethyl adjacent to an activating group) is 1. The van der Waals surface area contributed by atoms with Crippen molar-refractivity contribution < 1.29 is 13.2 Å². The molecule has 3 rings (SSSR count). The van der Waals surface area contributed by atoms with Crippen molar-refractivity contribution in [2.75, 3.05) is 33.7 Å². The Morgan fingerprint density at radius 3 is 2.46 bits per heavy atom. The van der Waals surface area contributed by atoms with E-state index >= 15 is 0 Å². The average Bonchev–Trinajstić information content (AvgIpc) is 3.20. The second kappa shape index (κ2) is 9.17. The monoisotopic (exact) mass is 421 g/mol. The smallest absolute Gasteiger partial charge is 0.262 e. The Morgan fingerprint density at radius 2 is 1.82 bits per heavy atom. The second-order valence-electron chi connectivity index (χ2n) is 7.18. The summed E-state index contributed by atoms with van der Waals surface area (Å²) in [6, 6.07) is 11.5. The van der Waals surface area contributed by atoms with Crippen LogP contribution in [0, 0.1) is 0 Å². The molecule has 1 aromatic heterocycles. The maximum Gasteiger partial charge on any atom is 0.262 e. The maximum absolute atomic E-state index is 13.0. The van der Waals surface area contributed by atoms with E-state index < -0.39 is 10.0 Å². The summed E-state index contributed by atoms with van der Waals surface area (Å²) in [7, 11) is 0.290. The predicted molar refractivity (Wildman–Crippen MR) is 112 cm³/mol. The Bertz CT molecular complexity index is 888. The van der Waals surface area contributed by atoms with Crippen LogP contribution in [0.1, 0.15) is 40.5 Å². The molecular weight excluding hydrogens is 394 g/mol. The largest absolute Gasteiger partial charge is 0.349 e. The summed E-state index contributed by atoms with van der Waals surface area (Å²) in [5.74, 6) is -0.339. The van der Waals surface area contributed by atoms with Crippen LogP contribution in [0.15, 0.2) is 46.7 Å². The lowest BCUT2D eigenvalue weighted by Crippen LogP contribution is -2.37. The van der Waals surface area contributed by atoms with Crippen molar-refractivity contribution in [1.29, 1.82) is 0 Å². The molecule has 1 atom stereocenters. The number of carbonyl (C=O) groups is 1. The van der Waals surface area contributed by atoms with Gasteiger partial charge in [0.15, 0.2) is 0 Å². The zero-order chi connectivity index (χ0) is 20.1. The highest BCUT2D eigenvalue weighted by Crippen LogP contribution is 2.27. The molecule has 28 heavy (non-hydrogen) atoms. The summed E-state index contributed by atoms with van der Waals surface area (Å²) in [4.78, 5) is 15.2.